The van der Waals surface area contributed by atoms with Crippen LogP contribution in [0.4, 0.5) is 27.0 Å². The fraction of sp³-hybridized carbons (Fsp3) is 0.225. The van der Waals surface area contributed by atoms with Crippen LogP contribution in [0.3, 0.4) is 0 Å². The number of hydrogen-bond acceptors (Lipinski definition) is 8. The molecule has 1 aromatic carbocycles. The molecule has 11 nitrogen and oxygen atoms in total. The van der Waals surface area contributed by atoms with E-state index in [-0.39, 0.29) is 5.82 Å². The van der Waals surface area contributed by atoms with Crippen molar-refractivity contribution in [1.82, 2.24) is 33.1 Å². The third-order valence-corrected chi connectivity index (χ3v) is 11.6. The van der Waals surface area contributed by atoms with E-state index in [1.807, 2.05) is 85.9 Å². The highest BCUT2D eigenvalue weighted by atomic mass is 79.9. The first-order chi connectivity index (χ1) is 27.4. The fourth-order valence-corrected chi connectivity index (χ4v) is 8.14. The molecule has 0 aliphatic heterocycles. The molecular formula is C40H41Br3FN11S2. The van der Waals surface area contributed by atoms with Gasteiger partial charge in [0, 0.05) is 64.1 Å². The number of pyridine rings is 3. The molecule has 7 aromatic heterocycles. The molecule has 0 radical (unpaired) electrons. The summed E-state index contributed by atoms with van der Waals surface area (Å²) in [6.07, 6.45) is 8.60. The minimum absolute atomic E-state index is 0.245. The second-order valence-corrected chi connectivity index (χ2v) is 16.7. The highest BCUT2D eigenvalue weighted by molar-refractivity contribution is 9.11. The number of fused-ring (bicyclic) bond motifs is 3. The quantitative estimate of drug-likeness (QED) is 0.144. The molecule has 296 valence electrons. The summed E-state index contributed by atoms with van der Waals surface area (Å²) < 4.78 is 22.3. The summed E-state index contributed by atoms with van der Waals surface area (Å²) in [6, 6.07) is 18.3. The monoisotopic (exact) mass is 995 g/mol. The Balaban J connectivity index is 0.000000154. The van der Waals surface area contributed by atoms with E-state index in [9.17, 15) is 4.39 Å². The third-order valence-electron chi connectivity index (χ3n) is 9.03. The first kappa shape index (κ1) is 42.2. The maximum Gasteiger partial charge on any atom is 0.191 e. The van der Waals surface area contributed by atoms with Crippen molar-refractivity contribution in [3.8, 4) is 11.3 Å². The molecule has 0 saturated heterocycles. The van der Waals surface area contributed by atoms with Crippen molar-refractivity contribution in [3.63, 3.8) is 0 Å². The second-order valence-electron chi connectivity index (χ2n) is 12.7. The van der Waals surface area contributed by atoms with E-state index in [4.69, 9.17) is 27.9 Å². The number of hydrogen-bond donors (Lipinski definition) is 2. The lowest BCUT2D eigenvalue weighted by Gasteiger charge is -2.17. The summed E-state index contributed by atoms with van der Waals surface area (Å²) in [5.41, 5.74) is 13.3. The number of nitrogens with one attached hydrogen (secondary N) is 1. The number of thiazole rings is 1. The van der Waals surface area contributed by atoms with Crippen molar-refractivity contribution >= 4 is 116 Å². The minimum atomic E-state index is -0.245. The van der Waals surface area contributed by atoms with Gasteiger partial charge in [-0.15, -0.1) is 11.3 Å². The Labute approximate surface area is 365 Å². The van der Waals surface area contributed by atoms with Crippen LogP contribution in [0, 0.1) is 5.82 Å². The lowest BCUT2D eigenvalue weighted by atomic mass is 10.2. The van der Waals surface area contributed by atoms with Gasteiger partial charge in [-0.05, 0) is 140 Å². The van der Waals surface area contributed by atoms with Crippen molar-refractivity contribution in [1.29, 1.82) is 0 Å². The van der Waals surface area contributed by atoms with Gasteiger partial charge < -0.3 is 20.9 Å². The number of benzene rings is 1. The number of aromatic nitrogens is 7. The second kappa shape index (κ2) is 18.4. The van der Waals surface area contributed by atoms with Crippen LogP contribution in [-0.4, -0.2) is 59.4 Å². The van der Waals surface area contributed by atoms with Crippen molar-refractivity contribution < 1.29 is 4.39 Å². The van der Waals surface area contributed by atoms with Crippen LogP contribution in [0.5, 0.6) is 0 Å². The predicted molar refractivity (Wildman–Crippen MR) is 247 cm³/mol. The van der Waals surface area contributed by atoms with Gasteiger partial charge in [-0.25, -0.2) is 24.3 Å². The van der Waals surface area contributed by atoms with Crippen molar-refractivity contribution in [2.45, 2.75) is 40.0 Å². The number of aryl methyl sites for hydroxylation is 3. The molecule has 0 unspecified atom stereocenters. The first-order valence-electron chi connectivity index (χ1n) is 18.0. The molecule has 0 atom stereocenters. The van der Waals surface area contributed by atoms with Crippen LogP contribution in [0.25, 0.3) is 28.2 Å². The number of thiocarbonyl (C=S) groups is 1. The number of nitrogens with zero attached hydrogens (tertiary/aromatic N) is 9. The van der Waals surface area contributed by atoms with E-state index in [1.165, 1.54) is 12.1 Å². The van der Waals surface area contributed by atoms with Crippen LogP contribution in [0.2, 0.25) is 0 Å². The number of rotatable bonds is 8. The molecule has 0 amide bonds. The van der Waals surface area contributed by atoms with Gasteiger partial charge in [0.05, 0.1) is 22.8 Å². The molecule has 0 bridgehead atoms. The van der Waals surface area contributed by atoms with Gasteiger partial charge in [0.15, 0.2) is 10.2 Å². The molecule has 0 spiro atoms. The number of halogens is 4. The molecule has 17 heteroatoms. The maximum atomic E-state index is 13.1. The lowest BCUT2D eigenvalue weighted by Crippen LogP contribution is -2.33. The average molecular weight is 999 g/mol. The lowest BCUT2D eigenvalue weighted by molar-refractivity contribution is 0.628. The maximum absolute atomic E-state index is 13.1. The number of imidazole rings is 3. The molecule has 0 saturated carbocycles. The Morgan fingerprint density at radius 2 is 1.19 bits per heavy atom. The van der Waals surface area contributed by atoms with Gasteiger partial charge >= 0.3 is 0 Å². The van der Waals surface area contributed by atoms with Gasteiger partial charge in [0.25, 0.3) is 0 Å². The van der Waals surface area contributed by atoms with E-state index < -0.39 is 0 Å². The summed E-state index contributed by atoms with van der Waals surface area (Å²) in [4.78, 5) is 22.4. The normalized spacial score (nSPS) is 11.0. The van der Waals surface area contributed by atoms with Gasteiger partial charge in [0.1, 0.15) is 40.2 Å². The molecule has 7 heterocycles. The number of nitrogens with two attached hydrogens (primary N) is 1. The van der Waals surface area contributed by atoms with Crippen LogP contribution in [0.15, 0.2) is 98.1 Å². The van der Waals surface area contributed by atoms with Crippen molar-refractivity contribution in [2.75, 3.05) is 36.3 Å². The van der Waals surface area contributed by atoms with Crippen LogP contribution in [-0.2, 0) is 19.3 Å². The Hall–Kier alpha value is -4.42. The molecule has 0 fully saturated rings. The Bertz CT molecular complexity index is 2670. The summed E-state index contributed by atoms with van der Waals surface area (Å²) >= 11 is 17.0. The summed E-state index contributed by atoms with van der Waals surface area (Å²) in [7, 11) is 5.77. The number of anilines is 4. The van der Waals surface area contributed by atoms with E-state index in [0.717, 1.165) is 101 Å². The zero-order valence-electron chi connectivity index (χ0n) is 32.1. The van der Waals surface area contributed by atoms with E-state index in [0.29, 0.717) is 5.11 Å². The van der Waals surface area contributed by atoms with Crippen molar-refractivity contribution in [3.05, 3.63) is 121 Å². The zero-order valence-corrected chi connectivity index (χ0v) is 38.5. The van der Waals surface area contributed by atoms with Gasteiger partial charge in [-0.3, -0.25) is 13.2 Å². The van der Waals surface area contributed by atoms with E-state index in [2.05, 4.69) is 97.5 Å². The third kappa shape index (κ3) is 9.17. The molecule has 57 heavy (non-hydrogen) atoms. The van der Waals surface area contributed by atoms with Crippen LogP contribution < -0.4 is 20.9 Å². The van der Waals surface area contributed by atoms with Gasteiger partial charge in [-0.1, -0.05) is 20.8 Å². The van der Waals surface area contributed by atoms with Crippen molar-refractivity contribution in [2.24, 2.45) is 5.73 Å². The SMILES string of the molecule is CCc1nc2ccc(Br)cn2c1N(C)C(N)=S.CCc1nc2ccc(Br)cn2c1N(C)c1nc(-c2ccc(F)cc2)cs1.CCc1nc2ccc(Br)cn2c1NC. The molecule has 0 aliphatic carbocycles. The standard InChI is InChI=1S/C19H16BrFN4S.C11H13BrN4S.C10H12BrN3/c1-3-15-18(25-10-13(20)6-9-17(25)22-15)24(2)19-23-16(11-26-19)12-4-7-14(21)8-5-12;1-3-8-10(15(2)11(13)17)16-6-7(12)4-5-9(16)14-8;1-3-8-10(12-2)14-6-7(11)4-5-9(14)13-8/h4-11H,3H2,1-2H3;4-6H,3H2,1-2H3,(H2,13,17);4-6,12H,3H2,1-2H3. The molecular weight excluding hydrogens is 957 g/mol. The van der Waals surface area contributed by atoms with Gasteiger partial charge in [-0.2, -0.15) is 0 Å². The fourth-order valence-electron chi connectivity index (χ4n) is 6.24. The summed E-state index contributed by atoms with van der Waals surface area (Å²) in [6.45, 7) is 6.27. The van der Waals surface area contributed by atoms with E-state index >= 15 is 0 Å². The smallest absolute Gasteiger partial charge is 0.191 e. The highest BCUT2D eigenvalue weighted by Crippen LogP contribution is 2.34. The summed E-state index contributed by atoms with van der Waals surface area (Å²) in [5, 5.41) is 6.36. The highest BCUT2D eigenvalue weighted by Gasteiger charge is 2.20. The Morgan fingerprint density at radius 3 is 1.70 bits per heavy atom. The zero-order chi connectivity index (χ0) is 41.0. The van der Waals surface area contributed by atoms with Crippen LogP contribution in [0.1, 0.15) is 37.9 Å². The molecule has 0 aliphatic rings. The topological polar surface area (TPSA) is 109 Å². The molecule has 3 N–H and O–H groups in total. The van der Waals surface area contributed by atoms with Crippen LogP contribution >= 0.6 is 71.3 Å². The molecule has 8 aromatic rings. The first-order valence-corrected chi connectivity index (χ1v) is 21.7. The Kier molecular flexibility index (Phi) is 13.7. The predicted octanol–water partition coefficient (Wildman–Crippen LogP) is 10.7. The largest absolute Gasteiger partial charge is 0.376 e. The minimum Gasteiger partial charge on any atom is -0.376 e. The Morgan fingerprint density at radius 1 is 0.719 bits per heavy atom. The summed E-state index contributed by atoms with van der Waals surface area (Å²) in [5.74, 6) is 2.76. The average Bonchev–Trinajstić information content (AvgIpc) is 4.00. The van der Waals surface area contributed by atoms with E-state index in [1.54, 1.807) is 28.4 Å². The van der Waals surface area contributed by atoms with Gasteiger partial charge in [0.2, 0.25) is 0 Å². The molecule has 8 rings (SSSR count).